The molecule has 2 N–H and O–H groups in total. The van der Waals surface area contributed by atoms with Crippen LogP contribution in [0.25, 0.3) is 33.4 Å². The van der Waals surface area contributed by atoms with Crippen LogP contribution in [0.15, 0.2) is 45.8 Å². The van der Waals surface area contributed by atoms with Crippen molar-refractivity contribution in [2.45, 2.75) is 122 Å². The Morgan fingerprint density at radius 2 is 1.77 bits per heavy atom. The molecule has 12 rings (SSSR count). The first-order valence-corrected chi connectivity index (χ1v) is 30.0. The van der Waals surface area contributed by atoms with Gasteiger partial charge in [-0.3, -0.25) is 39.2 Å². The zero-order chi connectivity index (χ0) is 54.4. The minimum atomic E-state index is -1.04. The molecule has 8 aliphatic rings. The van der Waals surface area contributed by atoms with Gasteiger partial charge in [0.1, 0.15) is 23.4 Å². The summed E-state index contributed by atoms with van der Waals surface area (Å²) in [6.45, 7) is 18.0. The molecule has 19 nitrogen and oxygen atoms in total. The molecule has 0 radical (unpaired) electrons. The number of piperazine rings is 1. The molecule has 4 saturated heterocycles. The maximum atomic E-state index is 15.4. The number of pyridine rings is 1. The minimum absolute atomic E-state index is 0.0245. The monoisotopic (exact) mass is 1100 g/mol. The number of ether oxygens (including phenoxy) is 5. The van der Waals surface area contributed by atoms with E-state index in [1.165, 1.54) is 24.2 Å². The van der Waals surface area contributed by atoms with Crippen LogP contribution in [0, 0.1) is 23.2 Å². The Labute approximate surface area is 467 Å². The summed E-state index contributed by atoms with van der Waals surface area (Å²) in [7, 11) is 1.74. The van der Waals surface area contributed by atoms with E-state index < -0.39 is 29.5 Å². The molecule has 3 aromatic heterocycles. The number of nitrogens with one attached hydrogen (secondary N) is 2. The SMILES string of the molecule is CO[C@@H](C)c1ncc(N2CCN(C3CC3)CC2)cc1-c1c2c3cc(ccc3n1CCOC1CCOCC1)-c1csc(n1)[C@@H](N1CCOCC1)[C@H](NC(=O)[C@H]1[C@@H](C)[C@H]1C1=NC=NCC1)C(=O)N1CCC[C@H](N1)C(=O)OCC(C)(C)C2. The predicted octanol–water partition coefficient (Wildman–Crippen LogP) is 6.25. The number of esters is 1. The van der Waals surface area contributed by atoms with Gasteiger partial charge < -0.3 is 38.5 Å². The molecule has 1 aromatic carbocycles. The van der Waals surface area contributed by atoms with Crippen LogP contribution in [0.3, 0.4) is 0 Å². The number of amides is 2. The Morgan fingerprint density at radius 1 is 0.975 bits per heavy atom. The molecule has 20 heteroatoms. The molecule has 79 heavy (non-hydrogen) atoms. The standard InChI is InChI=1S/C59H79N11O8S/c1-36-49(45-12-15-60-35-62-45)50(36)55(71)64-52-54(68-21-26-76-27-22-68)56-63-47(33-79-56)38-8-11-48-42(29-38)44(31-59(3,4)34-78-58(73)46-7-6-16-70(65-46)57(52)72)53(69(48)23-28-77-41-13-24-75-25-14-41)43-30-40(32-61-51(43)37(2)74-5)67-19-17-66(18-20-67)39-9-10-39/h8,11,29-30,32-33,35-37,39,41,46,49-50,52,54,65H,6-7,9-10,12-28,31,34H2,1-5H3,(H,64,71)/t36-,37-,46-,49-,50-,52-,54-/m0/s1. The summed E-state index contributed by atoms with van der Waals surface area (Å²) in [6.07, 6.45) is 10.1. The fourth-order valence-electron chi connectivity index (χ4n) is 13.2. The van der Waals surface area contributed by atoms with Gasteiger partial charge in [0.25, 0.3) is 5.91 Å². The van der Waals surface area contributed by atoms with Crippen molar-refractivity contribution in [1.29, 1.82) is 0 Å². The molecule has 0 spiro atoms. The molecule has 7 atom stereocenters. The first-order chi connectivity index (χ1) is 38.4. The van der Waals surface area contributed by atoms with Crippen molar-refractivity contribution in [3.8, 4) is 22.5 Å². The highest BCUT2D eigenvalue weighted by Gasteiger charge is 2.55. The van der Waals surface area contributed by atoms with E-state index in [0.717, 1.165) is 101 Å². The zero-order valence-corrected chi connectivity index (χ0v) is 47.5. The quantitative estimate of drug-likeness (QED) is 0.143. The summed E-state index contributed by atoms with van der Waals surface area (Å²) in [5.74, 6) is -1.24. The number of hydrazine groups is 1. The van der Waals surface area contributed by atoms with E-state index in [2.05, 4.69) is 97.3 Å². The summed E-state index contributed by atoms with van der Waals surface area (Å²) in [5.41, 5.74) is 11.6. The lowest BCUT2D eigenvalue weighted by atomic mass is 9.84. The van der Waals surface area contributed by atoms with Crippen LogP contribution in [0.2, 0.25) is 0 Å². The molecule has 0 unspecified atom stereocenters. The molecule has 2 amide bonds. The lowest BCUT2D eigenvalue weighted by Gasteiger charge is -2.41. The van der Waals surface area contributed by atoms with Gasteiger partial charge in [0, 0.05) is 142 Å². The average Bonchev–Trinajstić information content (AvgIpc) is 4.53. The summed E-state index contributed by atoms with van der Waals surface area (Å²) in [4.78, 5) is 71.6. The third-order valence-corrected chi connectivity index (χ3v) is 18.8. The van der Waals surface area contributed by atoms with Crippen LogP contribution >= 0.6 is 11.3 Å². The molecule has 6 bridgehead atoms. The Morgan fingerprint density at radius 3 is 2.53 bits per heavy atom. The predicted molar refractivity (Wildman–Crippen MR) is 303 cm³/mol. The number of carbonyl (C=O) groups excluding carboxylic acids is 3. The number of aromatic nitrogens is 3. The van der Waals surface area contributed by atoms with Crippen LogP contribution in [-0.4, -0.2) is 183 Å². The van der Waals surface area contributed by atoms with Crippen LogP contribution < -0.4 is 15.6 Å². The number of carbonyl (C=O) groups is 3. The summed E-state index contributed by atoms with van der Waals surface area (Å²) in [6, 6.07) is 7.24. The fourth-order valence-corrected chi connectivity index (χ4v) is 14.2. The lowest BCUT2D eigenvalue weighted by Crippen LogP contribution is -2.63. The fraction of sp³-hybridized carbons (Fsp3) is 0.644. The van der Waals surface area contributed by atoms with Crippen molar-refractivity contribution in [1.82, 2.24) is 40.1 Å². The number of rotatable bonds is 13. The van der Waals surface area contributed by atoms with Crippen molar-refractivity contribution >= 4 is 57.8 Å². The van der Waals surface area contributed by atoms with Crippen molar-refractivity contribution in [2.75, 3.05) is 104 Å². The van der Waals surface area contributed by atoms with E-state index >= 15 is 4.79 Å². The summed E-state index contributed by atoms with van der Waals surface area (Å²) >= 11 is 1.50. The first kappa shape index (κ1) is 54.4. The van der Waals surface area contributed by atoms with Gasteiger partial charge in [-0.05, 0) is 81.5 Å². The number of methoxy groups -OCH3 is 1. The summed E-state index contributed by atoms with van der Waals surface area (Å²) < 4.78 is 33.2. The van der Waals surface area contributed by atoms with Gasteiger partial charge in [0.05, 0.1) is 73.6 Å². The number of nitrogens with zero attached hydrogens (tertiary/aromatic N) is 9. The molecule has 2 aliphatic carbocycles. The van der Waals surface area contributed by atoms with Crippen LogP contribution in [0.1, 0.15) is 101 Å². The molecule has 424 valence electrons. The van der Waals surface area contributed by atoms with Crippen LogP contribution in [0.4, 0.5) is 5.69 Å². The normalized spacial score (nSPS) is 27.8. The van der Waals surface area contributed by atoms with E-state index in [4.69, 9.17) is 33.7 Å². The van der Waals surface area contributed by atoms with E-state index in [0.29, 0.717) is 96.4 Å². The van der Waals surface area contributed by atoms with Crippen molar-refractivity contribution in [3.05, 3.63) is 52.1 Å². The Hall–Kier alpha value is -5.19. The Bertz CT molecular complexity index is 2940. The van der Waals surface area contributed by atoms with Gasteiger partial charge in [-0.2, -0.15) is 0 Å². The van der Waals surface area contributed by atoms with Gasteiger partial charge in [-0.15, -0.1) is 11.3 Å². The molecule has 6 aliphatic heterocycles. The zero-order valence-electron chi connectivity index (χ0n) is 46.7. The third kappa shape index (κ3) is 11.5. The van der Waals surface area contributed by atoms with Gasteiger partial charge in [-0.1, -0.05) is 26.8 Å². The second kappa shape index (κ2) is 23.3. The number of morpholine rings is 1. The lowest BCUT2D eigenvalue weighted by molar-refractivity contribution is -0.156. The Balaban J connectivity index is 0.990. The van der Waals surface area contributed by atoms with Crippen molar-refractivity contribution in [2.24, 2.45) is 33.2 Å². The number of aliphatic imine (C=N–C) groups is 2. The number of benzene rings is 1. The van der Waals surface area contributed by atoms with Gasteiger partial charge in [-0.25, -0.2) is 15.4 Å². The number of thiazole rings is 1. The topological polar surface area (TPSA) is 190 Å². The van der Waals surface area contributed by atoms with E-state index in [-0.39, 0.29) is 48.4 Å². The Kier molecular flexibility index (Phi) is 16.1. The van der Waals surface area contributed by atoms with Gasteiger partial charge >= 0.3 is 5.97 Å². The van der Waals surface area contributed by atoms with Gasteiger partial charge in [0.15, 0.2) is 0 Å². The van der Waals surface area contributed by atoms with Crippen LogP contribution in [0.5, 0.6) is 0 Å². The second-order valence-corrected chi connectivity index (χ2v) is 24.8. The third-order valence-electron chi connectivity index (χ3n) is 17.9. The maximum Gasteiger partial charge on any atom is 0.324 e. The highest BCUT2D eigenvalue weighted by Crippen LogP contribution is 2.49. The van der Waals surface area contributed by atoms with E-state index in [1.807, 2.05) is 6.20 Å². The highest BCUT2D eigenvalue weighted by molar-refractivity contribution is 7.10. The van der Waals surface area contributed by atoms with Crippen molar-refractivity contribution in [3.63, 3.8) is 0 Å². The molecular formula is C59H79N11O8S. The first-order valence-electron chi connectivity index (χ1n) is 29.2. The van der Waals surface area contributed by atoms with E-state index in [9.17, 15) is 9.59 Å². The number of hydrogen-bond donors (Lipinski definition) is 2. The molecule has 4 aromatic rings. The van der Waals surface area contributed by atoms with Crippen molar-refractivity contribution < 1.29 is 38.1 Å². The number of cyclic esters (lactones) is 1. The second-order valence-electron chi connectivity index (χ2n) is 23.9. The summed E-state index contributed by atoms with van der Waals surface area (Å²) in [5, 5.41) is 8.72. The molecule has 2 saturated carbocycles. The molecule has 9 heterocycles. The number of anilines is 1. The molecular weight excluding hydrogens is 1020 g/mol. The average molecular weight is 1100 g/mol. The van der Waals surface area contributed by atoms with Crippen LogP contribution in [-0.2, 0) is 51.0 Å². The maximum absolute atomic E-state index is 15.4. The highest BCUT2D eigenvalue weighted by atomic mass is 32.1. The molecule has 6 fully saturated rings. The minimum Gasteiger partial charge on any atom is -0.464 e. The largest absolute Gasteiger partial charge is 0.464 e. The number of fused-ring (bicyclic) bond motifs is 6. The van der Waals surface area contributed by atoms with E-state index in [1.54, 1.807) is 18.5 Å². The number of hydrogen-bond acceptors (Lipinski definition) is 17. The van der Waals surface area contributed by atoms with Gasteiger partial charge in [0.2, 0.25) is 5.91 Å². The smallest absolute Gasteiger partial charge is 0.324 e.